The lowest BCUT2D eigenvalue weighted by Crippen LogP contribution is -2.49. The summed E-state index contributed by atoms with van der Waals surface area (Å²) >= 11 is 0. The molecule has 0 amide bonds. The predicted octanol–water partition coefficient (Wildman–Crippen LogP) is 3.22. The quantitative estimate of drug-likeness (QED) is 0.671. The smallest absolute Gasteiger partial charge is 0.0800 e. The first kappa shape index (κ1) is 14.9. The van der Waals surface area contributed by atoms with Crippen molar-refractivity contribution in [3.63, 3.8) is 0 Å². The Morgan fingerprint density at radius 1 is 1.20 bits per heavy atom. The fraction of sp³-hybridized carbons (Fsp3) is 1.00. The highest BCUT2D eigenvalue weighted by Crippen LogP contribution is 2.23. The molecule has 0 aliphatic rings. The van der Waals surface area contributed by atoms with Gasteiger partial charge in [0.2, 0.25) is 0 Å². The lowest BCUT2D eigenvalue weighted by atomic mass is 9.88. The standard InChI is InChI=1S/C13H29NO/c1-7-13(5,15-6)12(14-8-2)10-9-11(3)4/h11-12,14H,7-10H2,1-6H3. The SMILES string of the molecule is CCNC(CCC(C)C)C(C)(CC)OC. The van der Waals surface area contributed by atoms with E-state index in [9.17, 15) is 0 Å². The molecule has 2 unspecified atom stereocenters. The van der Waals surface area contributed by atoms with Crippen molar-refractivity contribution in [2.45, 2.75) is 65.5 Å². The lowest BCUT2D eigenvalue weighted by Gasteiger charge is -2.36. The van der Waals surface area contributed by atoms with Gasteiger partial charge in [-0.2, -0.15) is 0 Å². The topological polar surface area (TPSA) is 21.3 Å². The molecule has 1 N–H and O–H groups in total. The summed E-state index contributed by atoms with van der Waals surface area (Å²) < 4.78 is 5.67. The van der Waals surface area contributed by atoms with Gasteiger partial charge >= 0.3 is 0 Å². The van der Waals surface area contributed by atoms with Crippen LogP contribution in [0.25, 0.3) is 0 Å². The van der Waals surface area contributed by atoms with Crippen LogP contribution in [0, 0.1) is 5.92 Å². The Morgan fingerprint density at radius 3 is 2.13 bits per heavy atom. The molecule has 2 nitrogen and oxygen atoms in total. The van der Waals surface area contributed by atoms with Crippen LogP contribution in [0.3, 0.4) is 0 Å². The van der Waals surface area contributed by atoms with E-state index >= 15 is 0 Å². The summed E-state index contributed by atoms with van der Waals surface area (Å²) in [6, 6.07) is 0.472. The van der Waals surface area contributed by atoms with Crippen molar-refractivity contribution in [3.05, 3.63) is 0 Å². The zero-order valence-electron chi connectivity index (χ0n) is 11.4. The number of methoxy groups -OCH3 is 1. The number of ether oxygens (including phenoxy) is 1. The minimum absolute atomic E-state index is 0.0229. The monoisotopic (exact) mass is 215 g/mol. The van der Waals surface area contributed by atoms with Crippen LogP contribution in [0.15, 0.2) is 0 Å². The second-order valence-electron chi connectivity index (χ2n) is 4.95. The molecule has 0 saturated heterocycles. The molecule has 0 aromatic carbocycles. The van der Waals surface area contributed by atoms with E-state index in [0.29, 0.717) is 6.04 Å². The first-order valence-corrected chi connectivity index (χ1v) is 6.28. The second-order valence-corrected chi connectivity index (χ2v) is 4.95. The van der Waals surface area contributed by atoms with Crippen LogP contribution in [0.1, 0.15) is 53.9 Å². The molecular weight excluding hydrogens is 186 g/mol. The van der Waals surface area contributed by atoms with Gasteiger partial charge in [-0.05, 0) is 38.6 Å². The minimum Gasteiger partial charge on any atom is -0.377 e. The minimum atomic E-state index is -0.0229. The summed E-state index contributed by atoms with van der Waals surface area (Å²) in [5.41, 5.74) is -0.0229. The molecule has 0 radical (unpaired) electrons. The van der Waals surface area contributed by atoms with Gasteiger partial charge in [-0.1, -0.05) is 27.7 Å². The van der Waals surface area contributed by atoms with Crippen LogP contribution in [0.2, 0.25) is 0 Å². The predicted molar refractivity (Wildman–Crippen MR) is 67.2 cm³/mol. The van der Waals surface area contributed by atoms with Crippen LogP contribution < -0.4 is 5.32 Å². The number of nitrogens with one attached hydrogen (secondary N) is 1. The molecule has 0 aromatic heterocycles. The third kappa shape index (κ3) is 4.98. The van der Waals surface area contributed by atoms with Gasteiger partial charge in [-0.25, -0.2) is 0 Å². The molecule has 0 saturated carbocycles. The van der Waals surface area contributed by atoms with Crippen molar-refractivity contribution in [3.8, 4) is 0 Å². The maximum absolute atomic E-state index is 5.67. The highest BCUT2D eigenvalue weighted by Gasteiger charge is 2.31. The summed E-state index contributed by atoms with van der Waals surface area (Å²) in [5.74, 6) is 0.768. The summed E-state index contributed by atoms with van der Waals surface area (Å²) in [4.78, 5) is 0. The fourth-order valence-electron chi connectivity index (χ4n) is 1.90. The van der Waals surface area contributed by atoms with E-state index in [0.717, 1.165) is 18.9 Å². The first-order chi connectivity index (χ1) is 7.00. The average Bonchev–Trinajstić information content (AvgIpc) is 2.22. The fourth-order valence-corrected chi connectivity index (χ4v) is 1.90. The maximum atomic E-state index is 5.67. The van der Waals surface area contributed by atoms with Crippen molar-refractivity contribution in [1.29, 1.82) is 0 Å². The van der Waals surface area contributed by atoms with Crippen molar-refractivity contribution >= 4 is 0 Å². The van der Waals surface area contributed by atoms with Gasteiger partial charge in [-0.3, -0.25) is 0 Å². The Kier molecular flexibility index (Phi) is 7.20. The molecule has 0 spiro atoms. The summed E-state index contributed by atoms with van der Waals surface area (Å²) in [6.45, 7) is 12.1. The molecule has 0 bridgehead atoms. The van der Waals surface area contributed by atoms with Gasteiger partial charge in [0.15, 0.2) is 0 Å². The number of rotatable bonds is 8. The molecule has 0 heterocycles. The number of likely N-dealkylation sites (N-methyl/N-ethyl adjacent to an activating group) is 1. The highest BCUT2D eigenvalue weighted by atomic mass is 16.5. The molecule has 92 valence electrons. The lowest BCUT2D eigenvalue weighted by molar-refractivity contribution is -0.0318. The largest absolute Gasteiger partial charge is 0.377 e. The molecule has 0 rings (SSSR count). The number of hydrogen-bond donors (Lipinski definition) is 1. The van der Waals surface area contributed by atoms with Crippen molar-refractivity contribution in [1.82, 2.24) is 5.32 Å². The van der Waals surface area contributed by atoms with Gasteiger partial charge in [0, 0.05) is 13.2 Å². The van der Waals surface area contributed by atoms with Crippen molar-refractivity contribution in [2.75, 3.05) is 13.7 Å². The van der Waals surface area contributed by atoms with E-state index < -0.39 is 0 Å². The molecule has 0 aliphatic heterocycles. The molecular formula is C13H29NO. The van der Waals surface area contributed by atoms with Crippen LogP contribution >= 0.6 is 0 Å². The summed E-state index contributed by atoms with van der Waals surface area (Å²) in [7, 11) is 1.82. The van der Waals surface area contributed by atoms with E-state index in [1.54, 1.807) is 0 Å². The van der Waals surface area contributed by atoms with E-state index in [2.05, 4.69) is 39.9 Å². The van der Waals surface area contributed by atoms with E-state index in [1.165, 1.54) is 12.8 Å². The van der Waals surface area contributed by atoms with Crippen LogP contribution in [-0.2, 0) is 4.74 Å². The molecule has 0 fully saturated rings. The Morgan fingerprint density at radius 2 is 1.80 bits per heavy atom. The van der Waals surface area contributed by atoms with Gasteiger partial charge in [0.25, 0.3) is 0 Å². The Labute approximate surface area is 95.8 Å². The maximum Gasteiger partial charge on any atom is 0.0800 e. The van der Waals surface area contributed by atoms with Crippen molar-refractivity contribution < 1.29 is 4.74 Å². The van der Waals surface area contributed by atoms with Gasteiger partial charge < -0.3 is 10.1 Å². The molecule has 15 heavy (non-hydrogen) atoms. The Hall–Kier alpha value is -0.0800. The van der Waals surface area contributed by atoms with Crippen LogP contribution in [0.4, 0.5) is 0 Å². The second kappa shape index (κ2) is 7.24. The summed E-state index contributed by atoms with van der Waals surface area (Å²) in [6.07, 6.45) is 3.51. The third-order valence-corrected chi connectivity index (χ3v) is 3.39. The van der Waals surface area contributed by atoms with Gasteiger partial charge in [-0.15, -0.1) is 0 Å². The molecule has 2 heteroatoms. The van der Waals surface area contributed by atoms with E-state index in [4.69, 9.17) is 4.74 Å². The Bertz CT molecular complexity index is 153. The third-order valence-electron chi connectivity index (χ3n) is 3.39. The zero-order chi connectivity index (χ0) is 11.9. The Balaban J connectivity index is 4.34. The van der Waals surface area contributed by atoms with Gasteiger partial charge in [0.1, 0.15) is 0 Å². The van der Waals surface area contributed by atoms with Crippen LogP contribution in [0.5, 0.6) is 0 Å². The van der Waals surface area contributed by atoms with E-state index in [-0.39, 0.29) is 5.60 Å². The van der Waals surface area contributed by atoms with E-state index in [1.807, 2.05) is 7.11 Å². The first-order valence-electron chi connectivity index (χ1n) is 6.28. The van der Waals surface area contributed by atoms with Crippen LogP contribution in [-0.4, -0.2) is 25.3 Å². The summed E-state index contributed by atoms with van der Waals surface area (Å²) in [5, 5.41) is 3.56. The molecule has 0 aromatic rings. The number of hydrogen-bond acceptors (Lipinski definition) is 2. The normalized spacial score (nSPS) is 17.8. The average molecular weight is 215 g/mol. The van der Waals surface area contributed by atoms with Crippen molar-refractivity contribution in [2.24, 2.45) is 5.92 Å². The molecule has 0 aliphatic carbocycles. The van der Waals surface area contributed by atoms with Gasteiger partial charge in [0.05, 0.1) is 5.60 Å². The molecule has 2 atom stereocenters. The highest BCUT2D eigenvalue weighted by molar-refractivity contribution is 4.88. The zero-order valence-corrected chi connectivity index (χ0v) is 11.4.